The van der Waals surface area contributed by atoms with Gasteiger partial charge in [0.25, 0.3) is 5.88 Å². The fraction of sp³-hybridized carbons (Fsp3) is 0.320. The second kappa shape index (κ2) is 8.93. The number of aromatic nitrogens is 2. The lowest BCUT2D eigenvalue weighted by atomic mass is 9.73. The van der Waals surface area contributed by atoms with Crippen LogP contribution in [0.4, 0.5) is 15.9 Å². The van der Waals surface area contributed by atoms with Crippen LogP contribution >= 0.6 is 23.2 Å². The fourth-order valence-corrected chi connectivity index (χ4v) is 5.51. The van der Waals surface area contributed by atoms with Gasteiger partial charge in [-0.2, -0.15) is 0 Å². The monoisotopic (exact) mass is 515 g/mol. The summed E-state index contributed by atoms with van der Waals surface area (Å²) in [5.74, 6) is -0.411. The van der Waals surface area contributed by atoms with Crippen molar-refractivity contribution in [2.45, 2.75) is 31.3 Å². The highest BCUT2D eigenvalue weighted by Crippen LogP contribution is 2.46. The molecule has 3 N–H and O–H groups in total. The highest BCUT2D eigenvalue weighted by molar-refractivity contribution is 6.36. The first kappa shape index (κ1) is 23.8. The third kappa shape index (κ3) is 4.09. The maximum atomic E-state index is 14.0. The molecule has 7 nitrogen and oxygen atoms in total. The first-order valence-electron chi connectivity index (χ1n) is 11.3. The average molecular weight is 516 g/mol. The number of benzene rings is 2. The van der Waals surface area contributed by atoms with Gasteiger partial charge in [0.15, 0.2) is 5.82 Å². The molecule has 35 heavy (non-hydrogen) atoms. The van der Waals surface area contributed by atoms with Crippen molar-refractivity contribution in [3.8, 4) is 17.1 Å². The number of nitrogens with two attached hydrogens (primary N) is 1. The molecule has 0 saturated carbocycles. The summed E-state index contributed by atoms with van der Waals surface area (Å²) in [5.41, 5.74) is 8.89. The highest BCUT2D eigenvalue weighted by atomic mass is 35.5. The Morgan fingerprint density at radius 2 is 1.97 bits per heavy atom. The van der Waals surface area contributed by atoms with Crippen LogP contribution in [0.3, 0.4) is 0 Å². The third-order valence-corrected chi connectivity index (χ3v) is 7.61. The van der Waals surface area contributed by atoms with Crippen molar-refractivity contribution >= 4 is 40.6 Å². The van der Waals surface area contributed by atoms with Gasteiger partial charge in [0, 0.05) is 21.8 Å². The number of amides is 1. The van der Waals surface area contributed by atoms with Gasteiger partial charge in [-0.15, -0.1) is 0 Å². The zero-order valence-electron chi connectivity index (χ0n) is 19.2. The molecule has 3 heterocycles. The molecule has 1 amide bonds. The summed E-state index contributed by atoms with van der Waals surface area (Å²) in [5, 5.41) is 3.20. The van der Waals surface area contributed by atoms with Crippen LogP contribution in [0, 0.1) is 5.82 Å². The van der Waals surface area contributed by atoms with Gasteiger partial charge >= 0.3 is 0 Å². The van der Waals surface area contributed by atoms with E-state index in [1.54, 1.807) is 13.1 Å². The molecule has 2 aliphatic rings. The average Bonchev–Trinajstić information content (AvgIpc) is 3.10. The Labute approximate surface area is 212 Å². The summed E-state index contributed by atoms with van der Waals surface area (Å²) in [6, 6.07) is 8.42. The molecule has 182 valence electrons. The molecule has 2 aromatic carbocycles. The SMILES string of the molecule is C[C@@H](Oc1nc(-c2ccc3c(c2)NC(=O)C32CCN(C)CC2)cnc1N)c1c(Cl)ccc(F)c1Cl. The smallest absolute Gasteiger partial charge is 0.258 e. The van der Waals surface area contributed by atoms with Gasteiger partial charge in [-0.25, -0.2) is 14.4 Å². The summed E-state index contributed by atoms with van der Waals surface area (Å²) < 4.78 is 19.9. The van der Waals surface area contributed by atoms with E-state index in [0.29, 0.717) is 11.3 Å². The molecule has 1 fully saturated rings. The van der Waals surface area contributed by atoms with E-state index in [9.17, 15) is 9.18 Å². The normalized spacial score (nSPS) is 17.8. The van der Waals surface area contributed by atoms with Crippen LogP contribution in [0.5, 0.6) is 5.88 Å². The highest BCUT2D eigenvalue weighted by Gasteiger charge is 2.48. The molecular formula is C25H24Cl2FN5O2. The molecule has 3 aromatic rings. The molecule has 0 unspecified atom stereocenters. The van der Waals surface area contributed by atoms with Crippen molar-refractivity contribution in [3.05, 3.63) is 63.5 Å². The Morgan fingerprint density at radius 3 is 2.71 bits per heavy atom. The minimum Gasteiger partial charge on any atom is -0.467 e. The number of hydrogen-bond donors (Lipinski definition) is 2. The predicted molar refractivity (Wildman–Crippen MR) is 134 cm³/mol. The minimum atomic E-state index is -0.735. The van der Waals surface area contributed by atoms with Crippen LogP contribution in [0.25, 0.3) is 11.3 Å². The third-order valence-electron chi connectivity index (χ3n) is 6.90. The Bertz CT molecular complexity index is 1330. The van der Waals surface area contributed by atoms with Gasteiger partial charge in [-0.3, -0.25) is 4.79 Å². The summed E-state index contributed by atoms with van der Waals surface area (Å²) in [4.78, 5) is 24.0. The van der Waals surface area contributed by atoms with Crippen LogP contribution < -0.4 is 15.8 Å². The van der Waals surface area contributed by atoms with Crippen molar-refractivity contribution in [3.63, 3.8) is 0 Å². The molecule has 0 radical (unpaired) electrons. The summed E-state index contributed by atoms with van der Waals surface area (Å²) in [6.45, 7) is 3.42. The number of ether oxygens (including phenoxy) is 1. The Balaban J connectivity index is 1.45. The van der Waals surface area contributed by atoms with E-state index < -0.39 is 17.3 Å². The molecule has 1 atom stereocenters. The lowest BCUT2D eigenvalue weighted by molar-refractivity contribution is -0.122. The molecular weight excluding hydrogens is 492 g/mol. The van der Waals surface area contributed by atoms with Crippen LogP contribution in [-0.2, 0) is 10.2 Å². The van der Waals surface area contributed by atoms with E-state index in [-0.39, 0.29) is 27.7 Å². The Kier molecular flexibility index (Phi) is 6.07. The number of carbonyl (C=O) groups excluding carboxylic acids is 1. The van der Waals surface area contributed by atoms with Crippen molar-refractivity contribution in [2.24, 2.45) is 0 Å². The van der Waals surface area contributed by atoms with Crippen molar-refractivity contribution in [2.75, 3.05) is 31.2 Å². The van der Waals surface area contributed by atoms with Crippen molar-refractivity contribution in [1.29, 1.82) is 0 Å². The van der Waals surface area contributed by atoms with E-state index in [4.69, 9.17) is 33.7 Å². The zero-order chi connectivity index (χ0) is 24.9. The van der Waals surface area contributed by atoms with Gasteiger partial charge in [0.1, 0.15) is 11.9 Å². The van der Waals surface area contributed by atoms with Crippen molar-refractivity contribution in [1.82, 2.24) is 14.9 Å². The number of nitrogen functional groups attached to an aromatic ring is 1. The standard InChI is InChI=1S/C25H24Cl2FN5O2/c1-13(20-16(26)5-6-17(28)21(20)27)35-23-22(29)30-12-19(31-23)14-3-4-15-18(11-14)32-24(34)25(15)7-9-33(2)10-8-25/h3-6,11-13H,7-10H2,1-2H3,(H2,29,30)(H,32,34)/t13-/m1/s1. The number of fused-ring (bicyclic) bond motifs is 2. The number of rotatable bonds is 4. The van der Waals surface area contributed by atoms with Crippen LogP contribution in [-0.4, -0.2) is 40.9 Å². The fourth-order valence-electron chi connectivity index (χ4n) is 4.83. The molecule has 0 bridgehead atoms. The summed E-state index contributed by atoms with van der Waals surface area (Å²) in [6.07, 6.45) is 2.37. The summed E-state index contributed by atoms with van der Waals surface area (Å²) in [7, 11) is 2.07. The lowest BCUT2D eigenvalue weighted by Crippen LogP contribution is -2.45. The second-order valence-electron chi connectivity index (χ2n) is 9.06. The molecule has 1 saturated heterocycles. The van der Waals surface area contributed by atoms with Gasteiger partial charge in [0.05, 0.1) is 22.3 Å². The van der Waals surface area contributed by atoms with Crippen LogP contribution in [0.15, 0.2) is 36.5 Å². The van der Waals surface area contributed by atoms with E-state index in [1.807, 2.05) is 18.2 Å². The zero-order valence-corrected chi connectivity index (χ0v) is 20.8. The number of carbonyl (C=O) groups is 1. The first-order valence-corrected chi connectivity index (χ1v) is 12.0. The predicted octanol–water partition coefficient (Wildman–Crippen LogP) is 5.23. The molecule has 1 spiro atoms. The summed E-state index contributed by atoms with van der Waals surface area (Å²) >= 11 is 12.3. The minimum absolute atomic E-state index is 0.0443. The lowest BCUT2D eigenvalue weighted by Gasteiger charge is -2.36. The van der Waals surface area contributed by atoms with Gasteiger partial charge in [0.2, 0.25) is 5.91 Å². The first-order chi connectivity index (χ1) is 16.7. The van der Waals surface area contributed by atoms with Crippen molar-refractivity contribution < 1.29 is 13.9 Å². The van der Waals surface area contributed by atoms with Gasteiger partial charge in [-0.1, -0.05) is 35.3 Å². The Morgan fingerprint density at radius 1 is 1.23 bits per heavy atom. The molecule has 1 aromatic heterocycles. The second-order valence-corrected chi connectivity index (χ2v) is 9.85. The number of nitrogens with one attached hydrogen (secondary N) is 1. The number of nitrogens with zero attached hydrogens (tertiary/aromatic N) is 3. The quantitative estimate of drug-likeness (QED) is 0.462. The number of piperidine rings is 1. The van der Waals surface area contributed by atoms with Gasteiger partial charge < -0.3 is 20.7 Å². The maximum Gasteiger partial charge on any atom is 0.258 e. The van der Waals surface area contributed by atoms with Crippen LogP contribution in [0.1, 0.15) is 37.0 Å². The van der Waals surface area contributed by atoms with Crippen LogP contribution in [0.2, 0.25) is 10.0 Å². The maximum absolute atomic E-state index is 14.0. The largest absolute Gasteiger partial charge is 0.467 e. The van der Waals surface area contributed by atoms with E-state index in [0.717, 1.165) is 42.7 Å². The molecule has 0 aliphatic carbocycles. The topological polar surface area (TPSA) is 93.4 Å². The van der Waals surface area contributed by atoms with E-state index in [2.05, 4.69) is 27.2 Å². The molecule has 5 rings (SSSR count). The Hall–Kier alpha value is -2.94. The molecule has 2 aliphatic heterocycles. The van der Waals surface area contributed by atoms with Gasteiger partial charge in [-0.05, 0) is 63.7 Å². The molecule has 10 heteroatoms. The van der Waals surface area contributed by atoms with E-state index in [1.165, 1.54) is 12.1 Å². The number of likely N-dealkylation sites (tertiary alicyclic amines) is 1. The number of anilines is 2. The number of hydrogen-bond acceptors (Lipinski definition) is 6. The number of halogens is 3. The van der Waals surface area contributed by atoms with E-state index >= 15 is 0 Å².